The third-order valence-electron chi connectivity index (χ3n) is 3.16. The Hall–Kier alpha value is -1.09. The zero-order valence-electron chi connectivity index (χ0n) is 9.79. The summed E-state index contributed by atoms with van der Waals surface area (Å²) in [5, 5.41) is 0. The highest BCUT2D eigenvalue weighted by atomic mass is 19.1. The number of rotatable bonds is 2. The van der Waals surface area contributed by atoms with Crippen LogP contribution in [0.5, 0.6) is 5.75 Å². The summed E-state index contributed by atoms with van der Waals surface area (Å²) in [4.78, 5) is 0. The van der Waals surface area contributed by atoms with Crippen molar-refractivity contribution in [2.45, 2.75) is 44.8 Å². The van der Waals surface area contributed by atoms with Gasteiger partial charge < -0.3 is 10.5 Å². The number of hydrogen-bond donors (Lipinski definition) is 1. The van der Waals surface area contributed by atoms with Crippen LogP contribution < -0.4 is 10.5 Å². The van der Waals surface area contributed by atoms with E-state index in [9.17, 15) is 4.39 Å². The molecule has 0 aromatic heterocycles. The Labute approximate surface area is 95.6 Å². The molecule has 2 rings (SSSR count). The average Bonchev–Trinajstić information content (AvgIpc) is 2.19. The molecule has 1 aromatic rings. The first kappa shape index (κ1) is 11.4. The Morgan fingerprint density at radius 2 is 2.31 bits per heavy atom. The van der Waals surface area contributed by atoms with Gasteiger partial charge in [0.25, 0.3) is 0 Å². The fourth-order valence-corrected chi connectivity index (χ4v) is 2.47. The van der Waals surface area contributed by atoms with Gasteiger partial charge in [-0.2, -0.15) is 0 Å². The summed E-state index contributed by atoms with van der Waals surface area (Å²) in [6.45, 7) is 4.20. The number of hydrogen-bond acceptors (Lipinski definition) is 2. The molecule has 0 saturated heterocycles. The summed E-state index contributed by atoms with van der Waals surface area (Å²) in [6, 6.07) is 4.45. The van der Waals surface area contributed by atoms with Crippen molar-refractivity contribution in [1.82, 2.24) is 0 Å². The lowest BCUT2D eigenvalue weighted by Gasteiger charge is -2.38. The Kier molecular flexibility index (Phi) is 2.89. The third kappa shape index (κ3) is 2.05. The zero-order valence-corrected chi connectivity index (χ0v) is 9.79. The van der Waals surface area contributed by atoms with Crippen LogP contribution in [0.15, 0.2) is 18.2 Å². The molecule has 0 radical (unpaired) electrons. The molecule has 2 atom stereocenters. The molecule has 2 N–H and O–H groups in total. The van der Waals surface area contributed by atoms with E-state index in [1.807, 2.05) is 0 Å². The maximum atomic E-state index is 13.1. The van der Waals surface area contributed by atoms with E-state index < -0.39 is 0 Å². The van der Waals surface area contributed by atoms with Crippen molar-refractivity contribution in [2.24, 2.45) is 5.73 Å². The van der Waals surface area contributed by atoms with Crippen molar-refractivity contribution in [3.8, 4) is 5.75 Å². The van der Waals surface area contributed by atoms with Crippen molar-refractivity contribution < 1.29 is 9.13 Å². The summed E-state index contributed by atoms with van der Waals surface area (Å²) in [7, 11) is 0. The van der Waals surface area contributed by atoms with E-state index in [0.717, 1.165) is 30.6 Å². The Morgan fingerprint density at radius 3 is 3.00 bits per heavy atom. The molecular weight excluding hydrogens is 205 g/mol. The van der Waals surface area contributed by atoms with Gasteiger partial charge in [-0.3, -0.25) is 0 Å². The molecule has 3 heteroatoms. The van der Waals surface area contributed by atoms with E-state index in [0.29, 0.717) is 0 Å². The summed E-state index contributed by atoms with van der Waals surface area (Å²) >= 11 is 0. The second-order valence-corrected chi connectivity index (χ2v) is 4.79. The molecule has 1 heterocycles. The molecule has 1 aliphatic rings. The summed E-state index contributed by atoms with van der Waals surface area (Å²) in [5.41, 5.74) is 6.65. The van der Waals surface area contributed by atoms with Gasteiger partial charge in [0.1, 0.15) is 17.2 Å². The second kappa shape index (κ2) is 4.06. The van der Waals surface area contributed by atoms with Crippen molar-refractivity contribution in [2.75, 3.05) is 0 Å². The summed E-state index contributed by atoms with van der Waals surface area (Å²) < 4.78 is 19.0. The molecule has 1 aromatic carbocycles. The number of fused-ring (bicyclic) bond motifs is 1. The van der Waals surface area contributed by atoms with Gasteiger partial charge in [-0.1, -0.05) is 13.3 Å². The molecule has 0 saturated carbocycles. The molecule has 0 aliphatic carbocycles. The Bertz CT molecular complexity index is 394. The first-order chi connectivity index (χ1) is 7.54. The maximum absolute atomic E-state index is 13.1. The first-order valence-electron chi connectivity index (χ1n) is 5.78. The monoisotopic (exact) mass is 223 g/mol. The van der Waals surface area contributed by atoms with Crippen molar-refractivity contribution in [3.05, 3.63) is 29.6 Å². The Morgan fingerprint density at radius 1 is 1.56 bits per heavy atom. The lowest BCUT2D eigenvalue weighted by Crippen LogP contribution is -2.40. The molecule has 0 spiro atoms. The van der Waals surface area contributed by atoms with E-state index in [1.54, 1.807) is 6.07 Å². The van der Waals surface area contributed by atoms with Gasteiger partial charge in [-0.15, -0.1) is 0 Å². The van der Waals surface area contributed by atoms with Crippen LogP contribution >= 0.6 is 0 Å². The van der Waals surface area contributed by atoms with Crippen LogP contribution in [-0.4, -0.2) is 5.60 Å². The van der Waals surface area contributed by atoms with E-state index in [2.05, 4.69) is 13.8 Å². The number of ether oxygens (including phenoxy) is 1. The third-order valence-corrected chi connectivity index (χ3v) is 3.16. The van der Waals surface area contributed by atoms with Crippen LogP contribution in [0.2, 0.25) is 0 Å². The van der Waals surface area contributed by atoms with Gasteiger partial charge in [0, 0.05) is 18.0 Å². The molecule has 2 unspecified atom stereocenters. The maximum Gasteiger partial charge on any atom is 0.125 e. The van der Waals surface area contributed by atoms with E-state index >= 15 is 0 Å². The van der Waals surface area contributed by atoms with Crippen LogP contribution in [-0.2, 0) is 0 Å². The van der Waals surface area contributed by atoms with Gasteiger partial charge in [0.2, 0.25) is 0 Å². The van der Waals surface area contributed by atoms with E-state index in [1.165, 1.54) is 12.1 Å². The van der Waals surface area contributed by atoms with Gasteiger partial charge in [0.05, 0.1) is 0 Å². The smallest absolute Gasteiger partial charge is 0.125 e. The van der Waals surface area contributed by atoms with Crippen molar-refractivity contribution in [3.63, 3.8) is 0 Å². The van der Waals surface area contributed by atoms with Crippen molar-refractivity contribution in [1.29, 1.82) is 0 Å². The molecule has 2 nitrogen and oxygen atoms in total. The topological polar surface area (TPSA) is 35.2 Å². The molecule has 16 heavy (non-hydrogen) atoms. The van der Waals surface area contributed by atoms with Gasteiger partial charge in [-0.05, 0) is 31.5 Å². The minimum absolute atomic E-state index is 0.129. The highest BCUT2D eigenvalue weighted by Gasteiger charge is 2.35. The van der Waals surface area contributed by atoms with Crippen LogP contribution in [0.25, 0.3) is 0 Å². The van der Waals surface area contributed by atoms with Gasteiger partial charge in [0.15, 0.2) is 0 Å². The lowest BCUT2D eigenvalue weighted by atomic mass is 9.86. The normalized spacial score (nSPS) is 28.4. The standard InChI is InChI=1S/C13H18FNO/c1-3-6-13(2)8-11(15)10-7-9(14)4-5-12(10)16-13/h4-5,7,11H,3,6,8,15H2,1-2H3. The molecule has 0 bridgehead atoms. The fourth-order valence-electron chi connectivity index (χ4n) is 2.47. The lowest BCUT2D eigenvalue weighted by molar-refractivity contribution is 0.0447. The molecule has 0 amide bonds. The minimum atomic E-state index is -0.253. The largest absolute Gasteiger partial charge is 0.487 e. The molecule has 88 valence electrons. The molecule has 0 fully saturated rings. The highest BCUT2D eigenvalue weighted by Crippen LogP contribution is 2.40. The van der Waals surface area contributed by atoms with Crippen LogP contribution in [0, 0.1) is 5.82 Å². The first-order valence-corrected chi connectivity index (χ1v) is 5.78. The van der Waals surface area contributed by atoms with E-state index in [4.69, 9.17) is 10.5 Å². The quantitative estimate of drug-likeness (QED) is 0.835. The number of halogens is 1. The van der Waals surface area contributed by atoms with Gasteiger partial charge in [-0.25, -0.2) is 4.39 Å². The van der Waals surface area contributed by atoms with Crippen LogP contribution in [0.4, 0.5) is 4.39 Å². The summed E-state index contributed by atoms with van der Waals surface area (Å²) in [5.74, 6) is 0.480. The van der Waals surface area contributed by atoms with Crippen LogP contribution in [0.1, 0.15) is 44.7 Å². The van der Waals surface area contributed by atoms with Gasteiger partial charge >= 0.3 is 0 Å². The SMILES string of the molecule is CCCC1(C)CC(N)c2cc(F)ccc2O1. The molecular formula is C13H18FNO. The predicted octanol–water partition coefficient (Wildman–Crippen LogP) is 3.17. The fraction of sp³-hybridized carbons (Fsp3) is 0.538. The molecule has 1 aliphatic heterocycles. The van der Waals surface area contributed by atoms with E-state index in [-0.39, 0.29) is 17.5 Å². The number of nitrogens with two attached hydrogens (primary N) is 1. The highest BCUT2D eigenvalue weighted by molar-refractivity contribution is 5.39. The number of benzene rings is 1. The predicted molar refractivity (Wildman–Crippen MR) is 61.9 cm³/mol. The average molecular weight is 223 g/mol. The second-order valence-electron chi connectivity index (χ2n) is 4.79. The van der Waals surface area contributed by atoms with Crippen molar-refractivity contribution >= 4 is 0 Å². The summed E-state index contributed by atoms with van der Waals surface area (Å²) in [6.07, 6.45) is 2.77. The minimum Gasteiger partial charge on any atom is -0.487 e. The zero-order chi connectivity index (χ0) is 11.8. The Balaban J connectivity index is 2.33. The van der Waals surface area contributed by atoms with Crippen LogP contribution in [0.3, 0.4) is 0 Å².